The van der Waals surface area contributed by atoms with Crippen molar-refractivity contribution in [1.29, 1.82) is 0 Å². The van der Waals surface area contributed by atoms with Gasteiger partial charge in [0.05, 0.1) is 0 Å². The SMILES string of the molecule is O=C(O)NOCc1ccccc1F. The predicted molar refractivity (Wildman–Crippen MR) is 42.3 cm³/mol. The first-order chi connectivity index (χ1) is 6.20. The molecule has 0 aliphatic rings. The minimum atomic E-state index is -1.31. The van der Waals surface area contributed by atoms with Crippen molar-refractivity contribution in [2.24, 2.45) is 0 Å². The van der Waals surface area contributed by atoms with Crippen LogP contribution in [0.5, 0.6) is 0 Å². The number of nitrogens with one attached hydrogen (secondary N) is 1. The number of carbonyl (C=O) groups is 1. The molecule has 0 atom stereocenters. The lowest BCUT2D eigenvalue weighted by Crippen LogP contribution is -2.21. The van der Waals surface area contributed by atoms with Gasteiger partial charge in [0.25, 0.3) is 0 Å². The average Bonchev–Trinajstić information content (AvgIpc) is 2.08. The second kappa shape index (κ2) is 4.42. The van der Waals surface area contributed by atoms with E-state index in [9.17, 15) is 9.18 Å². The maximum atomic E-state index is 12.9. The number of benzene rings is 1. The molecular formula is C8H8FNO3. The van der Waals surface area contributed by atoms with Crippen LogP contribution in [-0.2, 0) is 11.4 Å². The van der Waals surface area contributed by atoms with Crippen LogP contribution in [0.4, 0.5) is 9.18 Å². The molecule has 0 saturated carbocycles. The highest BCUT2D eigenvalue weighted by atomic mass is 19.1. The number of hydrogen-bond donors (Lipinski definition) is 2. The molecule has 2 N–H and O–H groups in total. The van der Waals surface area contributed by atoms with Gasteiger partial charge in [-0.1, -0.05) is 18.2 Å². The van der Waals surface area contributed by atoms with Crippen molar-refractivity contribution in [3.63, 3.8) is 0 Å². The number of hydroxylamine groups is 1. The normalized spacial score (nSPS) is 9.62. The van der Waals surface area contributed by atoms with Crippen molar-refractivity contribution >= 4 is 6.09 Å². The van der Waals surface area contributed by atoms with Crippen molar-refractivity contribution in [3.05, 3.63) is 35.6 Å². The fourth-order valence-corrected chi connectivity index (χ4v) is 0.791. The van der Waals surface area contributed by atoms with Crippen LogP contribution >= 0.6 is 0 Å². The Kier molecular flexibility index (Phi) is 3.22. The molecular weight excluding hydrogens is 177 g/mol. The molecule has 0 saturated heterocycles. The molecule has 1 rings (SSSR count). The maximum absolute atomic E-state index is 12.9. The summed E-state index contributed by atoms with van der Waals surface area (Å²) in [5.74, 6) is -0.422. The molecule has 1 aromatic carbocycles. The second-order valence-electron chi connectivity index (χ2n) is 2.29. The van der Waals surface area contributed by atoms with Crippen molar-refractivity contribution in [3.8, 4) is 0 Å². The van der Waals surface area contributed by atoms with E-state index in [1.54, 1.807) is 17.6 Å². The molecule has 0 bridgehead atoms. The van der Waals surface area contributed by atoms with Crippen molar-refractivity contribution < 1.29 is 19.1 Å². The summed E-state index contributed by atoms with van der Waals surface area (Å²) in [5.41, 5.74) is 1.97. The van der Waals surface area contributed by atoms with E-state index in [2.05, 4.69) is 4.84 Å². The molecule has 0 heterocycles. The smallest absolute Gasteiger partial charge is 0.428 e. The average molecular weight is 185 g/mol. The zero-order valence-corrected chi connectivity index (χ0v) is 6.66. The van der Waals surface area contributed by atoms with Gasteiger partial charge in [-0.2, -0.15) is 5.48 Å². The Balaban J connectivity index is 2.45. The zero-order valence-electron chi connectivity index (χ0n) is 6.66. The zero-order chi connectivity index (χ0) is 9.68. The van der Waals surface area contributed by atoms with Gasteiger partial charge in [0.1, 0.15) is 12.4 Å². The number of halogens is 1. The lowest BCUT2D eigenvalue weighted by Gasteiger charge is -2.02. The van der Waals surface area contributed by atoms with Crippen LogP contribution < -0.4 is 5.48 Å². The molecule has 1 aromatic rings. The van der Waals surface area contributed by atoms with Gasteiger partial charge >= 0.3 is 6.09 Å². The molecule has 0 fully saturated rings. The van der Waals surface area contributed by atoms with Gasteiger partial charge in [-0.15, -0.1) is 0 Å². The minimum Gasteiger partial charge on any atom is -0.464 e. The van der Waals surface area contributed by atoms with Gasteiger partial charge in [0, 0.05) is 5.56 Å². The van der Waals surface area contributed by atoms with Gasteiger partial charge in [-0.3, -0.25) is 4.84 Å². The third-order valence-electron chi connectivity index (χ3n) is 1.34. The number of rotatable bonds is 3. The number of amides is 1. The number of carboxylic acid groups (broad SMARTS) is 1. The van der Waals surface area contributed by atoms with Gasteiger partial charge in [-0.05, 0) is 6.07 Å². The molecule has 1 amide bonds. The number of hydrogen-bond acceptors (Lipinski definition) is 2. The molecule has 0 radical (unpaired) electrons. The van der Waals surface area contributed by atoms with Crippen molar-refractivity contribution in [1.82, 2.24) is 5.48 Å². The Morgan fingerprint density at radius 3 is 2.85 bits per heavy atom. The standard InChI is InChI=1S/C8H8FNO3/c9-7-4-2-1-3-6(7)5-13-10-8(11)12/h1-4,10H,5H2,(H,11,12). The van der Waals surface area contributed by atoms with E-state index >= 15 is 0 Å². The Morgan fingerprint density at radius 1 is 1.54 bits per heavy atom. The van der Waals surface area contributed by atoms with E-state index < -0.39 is 11.9 Å². The molecule has 0 aliphatic carbocycles. The molecule has 5 heteroatoms. The summed E-state index contributed by atoms with van der Waals surface area (Å²) in [5, 5.41) is 8.13. The quantitative estimate of drug-likeness (QED) is 0.702. The Morgan fingerprint density at radius 2 is 2.23 bits per heavy atom. The summed E-state index contributed by atoms with van der Waals surface area (Å²) in [6.07, 6.45) is -1.31. The summed E-state index contributed by atoms with van der Waals surface area (Å²) in [6.45, 7) is -0.126. The van der Waals surface area contributed by atoms with Crippen LogP contribution in [0.3, 0.4) is 0 Å². The first-order valence-corrected chi connectivity index (χ1v) is 3.54. The largest absolute Gasteiger partial charge is 0.464 e. The van der Waals surface area contributed by atoms with E-state index in [1.165, 1.54) is 12.1 Å². The first-order valence-electron chi connectivity index (χ1n) is 3.54. The predicted octanol–water partition coefficient (Wildman–Crippen LogP) is 1.52. The third-order valence-corrected chi connectivity index (χ3v) is 1.34. The second-order valence-corrected chi connectivity index (χ2v) is 2.29. The van der Waals surface area contributed by atoms with Gasteiger partial charge in [-0.25, -0.2) is 9.18 Å². The Bertz CT molecular complexity index is 303. The van der Waals surface area contributed by atoms with Gasteiger partial charge in [0.2, 0.25) is 0 Å². The molecule has 0 spiro atoms. The lowest BCUT2D eigenvalue weighted by molar-refractivity contribution is 0.0301. The summed E-state index contributed by atoms with van der Waals surface area (Å²) in [6, 6.07) is 5.98. The monoisotopic (exact) mass is 185 g/mol. The highest BCUT2D eigenvalue weighted by Crippen LogP contribution is 2.06. The Labute approximate surface area is 73.9 Å². The van der Waals surface area contributed by atoms with E-state index in [0.29, 0.717) is 5.56 Å². The summed E-state index contributed by atoms with van der Waals surface area (Å²) < 4.78 is 12.9. The molecule has 0 aliphatic heterocycles. The lowest BCUT2D eigenvalue weighted by atomic mass is 10.2. The first kappa shape index (κ1) is 9.47. The maximum Gasteiger partial charge on any atom is 0.428 e. The van der Waals surface area contributed by atoms with E-state index in [4.69, 9.17) is 5.11 Å². The van der Waals surface area contributed by atoms with Crippen LogP contribution in [0.15, 0.2) is 24.3 Å². The van der Waals surface area contributed by atoms with E-state index in [-0.39, 0.29) is 6.61 Å². The van der Waals surface area contributed by atoms with Gasteiger partial charge < -0.3 is 5.11 Å². The van der Waals surface area contributed by atoms with Crippen molar-refractivity contribution in [2.45, 2.75) is 6.61 Å². The van der Waals surface area contributed by atoms with E-state index in [1.807, 2.05) is 0 Å². The summed E-state index contributed by atoms with van der Waals surface area (Å²) >= 11 is 0. The van der Waals surface area contributed by atoms with Crippen LogP contribution in [0.25, 0.3) is 0 Å². The van der Waals surface area contributed by atoms with Crippen LogP contribution in [-0.4, -0.2) is 11.2 Å². The highest BCUT2D eigenvalue weighted by molar-refractivity contribution is 5.62. The van der Waals surface area contributed by atoms with Crippen LogP contribution in [0.2, 0.25) is 0 Å². The fourth-order valence-electron chi connectivity index (χ4n) is 0.791. The molecule has 70 valence electrons. The van der Waals surface area contributed by atoms with Crippen LogP contribution in [0, 0.1) is 5.82 Å². The molecule has 0 unspecified atom stereocenters. The summed E-state index contributed by atoms with van der Waals surface area (Å²) in [4.78, 5) is 14.4. The minimum absolute atomic E-state index is 0.126. The molecule has 4 nitrogen and oxygen atoms in total. The highest BCUT2D eigenvalue weighted by Gasteiger charge is 2.01. The fraction of sp³-hybridized carbons (Fsp3) is 0.125. The van der Waals surface area contributed by atoms with E-state index in [0.717, 1.165) is 0 Å². The van der Waals surface area contributed by atoms with Crippen molar-refractivity contribution in [2.75, 3.05) is 0 Å². The Hall–Kier alpha value is -1.62. The molecule has 13 heavy (non-hydrogen) atoms. The molecule has 0 aromatic heterocycles. The third kappa shape index (κ3) is 3.08. The van der Waals surface area contributed by atoms with Crippen LogP contribution in [0.1, 0.15) is 5.56 Å². The van der Waals surface area contributed by atoms with Gasteiger partial charge in [0.15, 0.2) is 0 Å². The summed E-state index contributed by atoms with van der Waals surface area (Å²) in [7, 11) is 0. The topological polar surface area (TPSA) is 58.6 Å².